The van der Waals surface area contributed by atoms with E-state index in [9.17, 15) is 9.59 Å². The van der Waals surface area contributed by atoms with E-state index in [1.807, 2.05) is 64.1 Å². The molecule has 0 saturated heterocycles. The molecule has 3 aromatic carbocycles. The van der Waals surface area contributed by atoms with Gasteiger partial charge < -0.3 is 10.6 Å². The molecule has 1 heterocycles. The van der Waals surface area contributed by atoms with Gasteiger partial charge in [-0.15, -0.1) is 11.3 Å². The lowest BCUT2D eigenvalue weighted by molar-refractivity contribution is -0.115. The van der Waals surface area contributed by atoms with Crippen LogP contribution < -0.4 is 10.6 Å². The van der Waals surface area contributed by atoms with Crippen molar-refractivity contribution in [3.63, 3.8) is 0 Å². The zero-order valence-corrected chi connectivity index (χ0v) is 21.5. The van der Waals surface area contributed by atoms with Gasteiger partial charge >= 0.3 is 0 Å². The van der Waals surface area contributed by atoms with Crippen LogP contribution in [0.5, 0.6) is 0 Å². The minimum absolute atomic E-state index is 0.0505. The van der Waals surface area contributed by atoms with Gasteiger partial charge in [0, 0.05) is 16.9 Å². The summed E-state index contributed by atoms with van der Waals surface area (Å²) in [5.41, 5.74) is 7.40. The summed E-state index contributed by atoms with van der Waals surface area (Å²) in [6.07, 6.45) is 0. The molecule has 0 bridgehead atoms. The van der Waals surface area contributed by atoms with Gasteiger partial charge in [-0.1, -0.05) is 47.2 Å². The van der Waals surface area contributed by atoms with Crippen LogP contribution >= 0.6 is 23.1 Å². The van der Waals surface area contributed by atoms with Crippen LogP contribution in [0.15, 0.2) is 58.9 Å². The summed E-state index contributed by atoms with van der Waals surface area (Å²) >= 11 is 2.96. The summed E-state index contributed by atoms with van der Waals surface area (Å²) in [6.45, 7) is 9.92. The molecule has 1 aromatic heterocycles. The van der Waals surface area contributed by atoms with Crippen LogP contribution in [0.1, 0.15) is 39.5 Å². The number of anilines is 2. The van der Waals surface area contributed by atoms with Crippen molar-refractivity contribution in [1.82, 2.24) is 4.98 Å². The lowest BCUT2D eigenvalue weighted by Gasteiger charge is -2.15. The number of thiazole rings is 1. The summed E-state index contributed by atoms with van der Waals surface area (Å²) in [5, 5.41) is 5.73. The maximum Gasteiger partial charge on any atom is 0.255 e. The first-order valence-corrected chi connectivity index (χ1v) is 12.7. The fourth-order valence-corrected chi connectivity index (χ4v) is 6.08. The molecular formula is C27H27N3O2S2. The van der Waals surface area contributed by atoms with Crippen molar-refractivity contribution >= 4 is 56.5 Å². The molecule has 5 nitrogen and oxygen atoms in total. The standard InChI is InChI=1S/C27H27N3O2S2/c1-15-7-6-8-20(13-15)26(32)28-21-9-10-22-23(14-21)34-27(29-22)33-19(5)25(31)30-24-17(3)11-16(2)12-18(24)4/h6-14,19H,1-5H3,(H,28,32)(H,30,31)/t19-/m0/s1. The minimum Gasteiger partial charge on any atom is -0.325 e. The van der Waals surface area contributed by atoms with Crippen LogP contribution in [-0.2, 0) is 4.79 Å². The SMILES string of the molecule is Cc1cccc(C(=O)Nc2ccc3nc(S[C@@H](C)C(=O)Nc4c(C)cc(C)cc4C)sc3c2)c1. The Morgan fingerprint density at radius 3 is 2.35 bits per heavy atom. The van der Waals surface area contributed by atoms with E-state index in [-0.39, 0.29) is 17.1 Å². The van der Waals surface area contributed by atoms with Crippen molar-refractivity contribution < 1.29 is 9.59 Å². The van der Waals surface area contributed by atoms with Crippen LogP contribution in [0.25, 0.3) is 10.2 Å². The lowest BCUT2D eigenvalue weighted by atomic mass is 10.1. The second-order valence-corrected chi connectivity index (χ2v) is 11.1. The Bertz CT molecular complexity index is 1370. The highest BCUT2D eigenvalue weighted by atomic mass is 32.2. The van der Waals surface area contributed by atoms with E-state index in [1.54, 1.807) is 6.07 Å². The zero-order chi connectivity index (χ0) is 24.4. The van der Waals surface area contributed by atoms with Crippen LogP contribution in [-0.4, -0.2) is 22.0 Å². The van der Waals surface area contributed by atoms with E-state index in [0.717, 1.165) is 42.6 Å². The van der Waals surface area contributed by atoms with Gasteiger partial charge in [-0.3, -0.25) is 9.59 Å². The van der Waals surface area contributed by atoms with Crippen molar-refractivity contribution in [3.05, 3.63) is 82.4 Å². The maximum absolute atomic E-state index is 12.9. The molecule has 34 heavy (non-hydrogen) atoms. The minimum atomic E-state index is -0.304. The van der Waals surface area contributed by atoms with Gasteiger partial charge in [0.05, 0.1) is 15.5 Å². The summed E-state index contributed by atoms with van der Waals surface area (Å²) in [4.78, 5) is 30.1. The third kappa shape index (κ3) is 5.48. The first-order chi connectivity index (χ1) is 16.2. The van der Waals surface area contributed by atoms with Gasteiger partial charge in [0.1, 0.15) is 0 Å². The van der Waals surface area contributed by atoms with Crippen LogP contribution in [0.2, 0.25) is 0 Å². The largest absolute Gasteiger partial charge is 0.325 e. The number of aryl methyl sites for hydroxylation is 4. The first kappa shape index (κ1) is 24.0. The second-order valence-electron chi connectivity index (χ2n) is 8.51. The quantitative estimate of drug-likeness (QED) is 0.289. The number of amides is 2. The normalized spacial score (nSPS) is 11.9. The third-order valence-electron chi connectivity index (χ3n) is 5.48. The van der Waals surface area contributed by atoms with Gasteiger partial charge in [0.25, 0.3) is 5.91 Å². The Kier molecular flexibility index (Phi) is 7.05. The molecule has 174 valence electrons. The second kappa shape index (κ2) is 9.99. The highest BCUT2D eigenvalue weighted by Gasteiger charge is 2.19. The maximum atomic E-state index is 12.9. The number of carbonyl (C=O) groups excluding carboxylic acids is 2. The van der Waals surface area contributed by atoms with Gasteiger partial charge in [0.2, 0.25) is 5.91 Å². The summed E-state index contributed by atoms with van der Waals surface area (Å²) in [6, 6.07) is 17.3. The van der Waals surface area contributed by atoms with Crippen molar-refractivity contribution in [3.8, 4) is 0 Å². The Balaban J connectivity index is 1.44. The lowest BCUT2D eigenvalue weighted by Crippen LogP contribution is -2.23. The number of nitrogens with one attached hydrogen (secondary N) is 2. The highest BCUT2D eigenvalue weighted by Crippen LogP contribution is 2.34. The Morgan fingerprint density at radius 1 is 0.912 bits per heavy atom. The van der Waals surface area contributed by atoms with Gasteiger partial charge in [0.15, 0.2) is 4.34 Å². The molecule has 0 aliphatic rings. The van der Waals surface area contributed by atoms with E-state index in [0.29, 0.717) is 5.56 Å². The molecule has 1 atom stereocenters. The number of thioether (sulfide) groups is 1. The highest BCUT2D eigenvalue weighted by molar-refractivity contribution is 8.02. The van der Waals surface area contributed by atoms with Gasteiger partial charge in [-0.05, 0) is 76.1 Å². The third-order valence-corrected chi connectivity index (χ3v) is 7.69. The molecule has 0 fully saturated rings. The first-order valence-electron chi connectivity index (χ1n) is 11.0. The number of hydrogen-bond acceptors (Lipinski definition) is 5. The number of hydrogen-bond donors (Lipinski definition) is 2. The molecule has 4 rings (SSSR count). The van der Waals surface area contributed by atoms with Gasteiger partial charge in [-0.25, -0.2) is 4.98 Å². The summed E-state index contributed by atoms with van der Waals surface area (Å²) < 4.78 is 1.78. The Morgan fingerprint density at radius 2 is 1.65 bits per heavy atom. The van der Waals surface area contributed by atoms with Crippen LogP contribution in [0, 0.1) is 27.7 Å². The summed E-state index contributed by atoms with van der Waals surface area (Å²) in [7, 11) is 0. The van der Waals surface area contributed by atoms with Crippen molar-refractivity contribution in [2.24, 2.45) is 0 Å². The molecule has 0 saturated carbocycles. The topological polar surface area (TPSA) is 71.1 Å². The fourth-order valence-electron chi connectivity index (χ4n) is 3.83. The molecule has 0 aliphatic heterocycles. The molecule has 2 N–H and O–H groups in total. The van der Waals surface area contributed by atoms with Gasteiger partial charge in [-0.2, -0.15) is 0 Å². The predicted octanol–water partition coefficient (Wildman–Crippen LogP) is 6.90. The molecule has 0 aliphatic carbocycles. The zero-order valence-electron chi connectivity index (χ0n) is 19.9. The number of fused-ring (bicyclic) bond motifs is 1. The number of rotatable bonds is 6. The van der Waals surface area contributed by atoms with Crippen molar-refractivity contribution in [2.75, 3.05) is 10.6 Å². The Labute approximate surface area is 208 Å². The predicted molar refractivity (Wildman–Crippen MR) is 143 cm³/mol. The average Bonchev–Trinajstić information content (AvgIpc) is 3.17. The number of aromatic nitrogens is 1. The van der Waals surface area contributed by atoms with E-state index in [4.69, 9.17) is 0 Å². The van der Waals surface area contributed by atoms with Crippen molar-refractivity contribution in [2.45, 2.75) is 44.2 Å². The van der Waals surface area contributed by atoms with Crippen LogP contribution in [0.4, 0.5) is 11.4 Å². The molecule has 0 spiro atoms. The molecule has 2 amide bonds. The average molecular weight is 490 g/mol. The number of carbonyl (C=O) groups is 2. The summed E-state index contributed by atoms with van der Waals surface area (Å²) in [5.74, 6) is -0.195. The van der Waals surface area contributed by atoms with E-state index >= 15 is 0 Å². The van der Waals surface area contributed by atoms with Crippen molar-refractivity contribution in [1.29, 1.82) is 0 Å². The van der Waals surface area contributed by atoms with Crippen LogP contribution in [0.3, 0.4) is 0 Å². The molecule has 7 heteroatoms. The van der Waals surface area contributed by atoms with E-state index in [2.05, 4.69) is 34.7 Å². The molecule has 0 radical (unpaired) electrons. The monoisotopic (exact) mass is 489 g/mol. The number of nitrogens with zero attached hydrogens (tertiary/aromatic N) is 1. The van der Waals surface area contributed by atoms with E-state index in [1.165, 1.54) is 28.7 Å². The Hall–Kier alpha value is -3.16. The smallest absolute Gasteiger partial charge is 0.255 e. The number of benzene rings is 3. The molecular weight excluding hydrogens is 462 g/mol. The fraction of sp³-hybridized carbons (Fsp3) is 0.222. The molecule has 0 unspecified atom stereocenters. The molecule has 4 aromatic rings. The van der Waals surface area contributed by atoms with E-state index < -0.39 is 0 Å².